The molecular weight excluding hydrogens is 699 g/mol. The largest absolute Gasteiger partial charge is 0.456 e. The van der Waals surface area contributed by atoms with E-state index < -0.39 is 8.07 Å². The second-order valence-corrected chi connectivity index (χ2v) is 17.8. The quantitative estimate of drug-likeness (QED) is 0.115. The van der Waals surface area contributed by atoms with E-state index in [1.807, 2.05) is 36.4 Å². The molecule has 0 atom stereocenters. The first-order valence-electron chi connectivity index (χ1n) is 18.9. The lowest BCUT2D eigenvalue weighted by Crippen LogP contribution is -2.74. The van der Waals surface area contributed by atoms with E-state index in [0.29, 0.717) is 17.5 Å². The summed E-state index contributed by atoms with van der Waals surface area (Å²) in [4.78, 5) is 15.5. The van der Waals surface area contributed by atoms with E-state index in [1.54, 1.807) is 0 Å². The summed E-state index contributed by atoms with van der Waals surface area (Å²) in [7, 11) is -2.69. The first kappa shape index (κ1) is 33.4. The second-order valence-electron chi connectivity index (χ2n) is 14.0. The van der Waals surface area contributed by atoms with E-state index in [0.717, 1.165) is 49.8 Å². The predicted octanol–water partition coefficient (Wildman–Crippen LogP) is 9.82. The molecule has 2 aromatic heterocycles. The molecule has 0 saturated heterocycles. The molecule has 0 amide bonds. The van der Waals surface area contributed by atoms with Crippen LogP contribution in [0.5, 0.6) is 0 Å². The first-order valence-corrected chi connectivity index (χ1v) is 20.9. The van der Waals surface area contributed by atoms with Gasteiger partial charge >= 0.3 is 0 Å². The van der Waals surface area contributed by atoms with Gasteiger partial charge in [-0.25, -0.2) is 15.0 Å². The van der Waals surface area contributed by atoms with Crippen molar-refractivity contribution in [1.29, 1.82) is 0 Å². The van der Waals surface area contributed by atoms with Crippen LogP contribution in [0.15, 0.2) is 217 Å². The minimum absolute atomic E-state index is 0.605. The fourth-order valence-corrected chi connectivity index (χ4v) is 12.8. The van der Waals surface area contributed by atoms with Crippen LogP contribution in [-0.2, 0) is 0 Å². The Balaban J connectivity index is 1.15. The van der Waals surface area contributed by atoms with Crippen LogP contribution in [0.3, 0.4) is 0 Å². The van der Waals surface area contributed by atoms with Crippen LogP contribution in [0.1, 0.15) is 0 Å². The zero-order valence-electron chi connectivity index (χ0n) is 30.5. The van der Waals surface area contributed by atoms with Gasteiger partial charge in [-0.15, -0.1) is 0 Å². The highest BCUT2D eigenvalue weighted by molar-refractivity contribution is 7.19. The van der Waals surface area contributed by atoms with Crippen LogP contribution in [0.25, 0.3) is 67.2 Å². The zero-order valence-corrected chi connectivity index (χ0v) is 31.5. The van der Waals surface area contributed by atoms with Crippen LogP contribution in [0, 0.1) is 0 Å². The molecule has 4 nitrogen and oxygen atoms in total. The van der Waals surface area contributed by atoms with Crippen LogP contribution in [0.2, 0.25) is 0 Å². The van der Waals surface area contributed by atoms with Crippen molar-refractivity contribution in [2.45, 2.75) is 0 Å². The molecule has 0 aliphatic carbocycles. The average Bonchev–Trinajstić information content (AvgIpc) is 3.66. The van der Waals surface area contributed by atoms with Crippen LogP contribution in [-0.4, -0.2) is 23.0 Å². The highest BCUT2D eigenvalue weighted by Gasteiger charge is 2.41. The van der Waals surface area contributed by atoms with Gasteiger partial charge < -0.3 is 4.42 Å². The molecule has 0 aliphatic heterocycles. The normalized spacial score (nSPS) is 11.6. The Hall–Kier alpha value is -7.21. The minimum atomic E-state index is -2.69. The number of rotatable bonds is 8. The van der Waals surface area contributed by atoms with Crippen molar-refractivity contribution in [2.75, 3.05) is 0 Å². The maximum absolute atomic E-state index is 6.17. The van der Waals surface area contributed by atoms with Crippen molar-refractivity contribution in [3.63, 3.8) is 0 Å². The van der Waals surface area contributed by atoms with Gasteiger partial charge in [0.1, 0.15) is 11.2 Å². The zero-order chi connectivity index (χ0) is 37.3. The van der Waals surface area contributed by atoms with Crippen molar-refractivity contribution < 1.29 is 4.42 Å². The Morgan fingerprint density at radius 1 is 0.286 bits per heavy atom. The number of benzene rings is 8. The third kappa shape index (κ3) is 5.91. The highest BCUT2D eigenvalue weighted by Crippen LogP contribution is 2.33. The Morgan fingerprint density at radius 2 is 0.714 bits per heavy atom. The van der Waals surface area contributed by atoms with Crippen molar-refractivity contribution in [3.05, 3.63) is 212 Å². The smallest absolute Gasteiger partial charge is 0.179 e. The van der Waals surface area contributed by atoms with Gasteiger partial charge in [-0.2, -0.15) is 0 Å². The highest BCUT2D eigenvalue weighted by atomic mass is 28.3. The molecule has 0 bridgehead atoms. The third-order valence-electron chi connectivity index (χ3n) is 10.7. The average molecular weight is 734 g/mol. The van der Waals surface area contributed by atoms with Crippen LogP contribution in [0.4, 0.5) is 0 Å². The summed E-state index contributed by atoms with van der Waals surface area (Å²) < 4.78 is 6.17. The van der Waals surface area contributed by atoms with E-state index in [1.165, 1.54) is 20.7 Å². The van der Waals surface area contributed by atoms with Crippen molar-refractivity contribution >= 4 is 50.8 Å². The SMILES string of the molecule is c1ccc(-c2cccc(-c3nc(-c4ccc([Si](c5ccccc5)(c5ccccc5)c5ccccc5)cc4)nc(-c4ccc5oc6ccccc6c5c4)n3)c2)cc1. The van der Waals surface area contributed by atoms with Crippen molar-refractivity contribution in [3.8, 4) is 45.3 Å². The van der Waals surface area contributed by atoms with Gasteiger partial charge in [0, 0.05) is 27.5 Å². The number of furan rings is 1. The molecule has 2 heterocycles. The molecule has 10 rings (SSSR count). The molecule has 0 unspecified atom stereocenters. The Morgan fingerprint density at radius 3 is 1.32 bits per heavy atom. The summed E-state index contributed by atoms with van der Waals surface area (Å²) in [6, 6.07) is 75.0. The predicted molar refractivity (Wildman–Crippen MR) is 232 cm³/mol. The van der Waals surface area contributed by atoms with Gasteiger partial charge in [0.05, 0.1) is 0 Å². The maximum Gasteiger partial charge on any atom is 0.179 e. The van der Waals surface area contributed by atoms with Crippen molar-refractivity contribution in [2.24, 2.45) is 0 Å². The Labute approximate surface area is 326 Å². The van der Waals surface area contributed by atoms with Gasteiger partial charge in [0.25, 0.3) is 0 Å². The molecule has 8 aromatic carbocycles. The fraction of sp³-hybridized carbons (Fsp3) is 0. The molecular formula is C51H35N3OSi. The summed E-state index contributed by atoms with van der Waals surface area (Å²) in [5.41, 5.74) is 6.67. The van der Waals surface area contributed by atoms with E-state index >= 15 is 0 Å². The lowest BCUT2D eigenvalue weighted by molar-refractivity contribution is 0.669. The topological polar surface area (TPSA) is 51.8 Å². The van der Waals surface area contributed by atoms with Gasteiger partial charge in [-0.1, -0.05) is 182 Å². The summed E-state index contributed by atoms with van der Waals surface area (Å²) in [5, 5.41) is 7.36. The van der Waals surface area contributed by atoms with E-state index in [4.69, 9.17) is 19.4 Å². The van der Waals surface area contributed by atoms with Crippen LogP contribution < -0.4 is 20.7 Å². The number of aromatic nitrogens is 3. The third-order valence-corrected chi connectivity index (χ3v) is 15.5. The Bertz CT molecular complexity index is 2850. The van der Waals surface area contributed by atoms with Gasteiger partial charge in [-0.3, -0.25) is 0 Å². The first-order chi connectivity index (χ1) is 27.7. The molecule has 5 heteroatoms. The molecule has 10 aromatic rings. The van der Waals surface area contributed by atoms with Gasteiger partial charge in [-0.05, 0) is 62.2 Å². The summed E-state index contributed by atoms with van der Waals surface area (Å²) in [6.45, 7) is 0. The summed E-state index contributed by atoms with van der Waals surface area (Å²) in [6.07, 6.45) is 0. The maximum atomic E-state index is 6.17. The minimum Gasteiger partial charge on any atom is -0.456 e. The Kier molecular flexibility index (Phi) is 8.47. The second kappa shape index (κ2) is 14.2. The number of hydrogen-bond acceptors (Lipinski definition) is 4. The number of para-hydroxylation sites is 1. The molecule has 264 valence electrons. The monoisotopic (exact) mass is 733 g/mol. The molecule has 0 fully saturated rings. The molecule has 0 spiro atoms. The summed E-state index contributed by atoms with van der Waals surface area (Å²) in [5.74, 6) is 1.84. The molecule has 0 N–H and O–H groups in total. The molecule has 56 heavy (non-hydrogen) atoms. The number of nitrogens with zero attached hydrogens (tertiary/aromatic N) is 3. The summed E-state index contributed by atoms with van der Waals surface area (Å²) >= 11 is 0. The fourth-order valence-electron chi connectivity index (χ4n) is 8.03. The van der Waals surface area contributed by atoms with E-state index in [-0.39, 0.29) is 0 Å². The van der Waals surface area contributed by atoms with E-state index in [9.17, 15) is 0 Å². The number of fused-ring (bicyclic) bond motifs is 3. The molecule has 0 saturated carbocycles. The molecule has 0 radical (unpaired) electrons. The molecule has 0 aliphatic rings. The van der Waals surface area contributed by atoms with Crippen LogP contribution >= 0.6 is 0 Å². The number of hydrogen-bond donors (Lipinski definition) is 0. The van der Waals surface area contributed by atoms with Crippen molar-refractivity contribution in [1.82, 2.24) is 15.0 Å². The van der Waals surface area contributed by atoms with Gasteiger partial charge in [0.15, 0.2) is 25.5 Å². The lowest BCUT2D eigenvalue weighted by Gasteiger charge is -2.34. The standard InChI is InChI=1S/C51H35N3OSi/c1-5-16-36(17-6-1)38-18-15-19-39(34-38)50-52-49(53-51(54-50)40-30-33-48-46(35-40)45-26-13-14-27-47(45)55-48)37-28-31-44(32-29-37)56(41-20-7-2-8-21-41,42-22-9-3-10-23-42)43-24-11-4-12-25-43/h1-35H. The van der Waals surface area contributed by atoms with Gasteiger partial charge in [0.2, 0.25) is 0 Å². The van der Waals surface area contributed by atoms with E-state index in [2.05, 4.69) is 176 Å². The lowest BCUT2D eigenvalue weighted by atomic mass is 10.0.